The van der Waals surface area contributed by atoms with Gasteiger partial charge in [0.25, 0.3) is 0 Å². The number of imidazole rings is 1. The number of nitrogens with one attached hydrogen (secondary N) is 1. The first-order valence-corrected chi connectivity index (χ1v) is 6.82. The number of hydrogen-bond donors (Lipinski definition) is 1. The number of aromatic nitrogens is 2. The third-order valence-corrected chi connectivity index (χ3v) is 3.82. The van der Waals surface area contributed by atoms with Crippen molar-refractivity contribution < 1.29 is 22.7 Å². The van der Waals surface area contributed by atoms with Crippen molar-refractivity contribution in [1.82, 2.24) is 14.9 Å². The van der Waals surface area contributed by atoms with Gasteiger partial charge in [0.2, 0.25) is 0 Å². The van der Waals surface area contributed by atoms with Crippen LogP contribution in [0.2, 0.25) is 0 Å². The second kappa shape index (κ2) is 5.95. The van der Waals surface area contributed by atoms with E-state index in [1.807, 2.05) is 0 Å². The van der Waals surface area contributed by atoms with E-state index < -0.39 is 17.6 Å². The third-order valence-electron chi connectivity index (χ3n) is 3.82. The lowest BCUT2D eigenvalue weighted by molar-refractivity contribution is -0.189. The predicted octanol–water partition coefficient (Wildman–Crippen LogP) is 2.96. The molecule has 1 aromatic heterocycles. The molecule has 0 atom stereocenters. The van der Waals surface area contributed by atoms with Crippen molar-refractivity contribution in [2.24, 2.45) is 5.41 Å². The molecule has 5 nitrogen and oxygen atoms in total. The molecule has 0 radical (unpaired) electrons. The Morgan fingerprint density at radius 2 is 2.19 bits per heavy atom. The van der Waals surface area contributed by atoms with Crippen LogP contribution in [0.1, 0.15) is 32.1 Å². The number of carbonyl (C=O) groups excluding carboxylic acids is 1. The maximum absolute atomic E-state index is 12.7. The van der Waals surface area contributed by atoms with Crippen LogP contribution in [0.15, 0.2) is 12.4 Å². The Bertz CT molecular complexity index is 495. The molecule has 0 saturated heterocycles. The van der Waals surface area contributed by atoms with Gasteiger partial charge in [-0.1, -0.05) is 6.42 Å². The molecule has 1 saturated carbocycles. The van der Waals surface area contributed by atoms with E-state index in [1.165, 1.54) is 24.1 Å². The van der Waals surface area contributed by atoms with Gasteiger partial charge in [-0.05, 0) is 25.7 Å². The summed E-state index contributed by atoms with van der Waals surface area (Å²) in [5, 5.41) is 2.63. The van der Waals surface area contributed by atoms with E-state index in [2.05, 4.69) is 10.3 Å². The van der Waals surface area contributed by atoms with Crippen LogP contribution >= 0.6 is 0 Å². The highest BCUT2D eigenvalue weighted by atomic mass is 19.4. The normalized spacial score (nSPS) is 16.6. The van der Waals surface area contributed by atoms with Crippen LogP contribution in [0, 0.1) is 5.41 Å². The third kappa shape index (κ3) is 3.48. The Balaban J connectivity index is 1.68. The zero-order valence-electron chi connectivity index (χ0n) is 11.7. The summed E-state index contributed by atoms with van der Waals surface area (Å²) >= 11 is 0. The summed E-state index contributed by atoms with van der Waals surface area (Å²) in [5.41, 5.74) is -1.45. The van der Waals surface area contributed by atoms with Crippen molar-refractivity contribution in [3.8, 4) is 6.01 Å². The standard InChI is InChI=1S/C13H18F3N3O2/c1-21-11-18-8-9-19(11)10(20)17-7-3-2-4-12(5-6-12)13(14,15)16/h8-9H,2-7H2,1H3,(H,17,20). The number of methoxy groups -OCH3 is 1. The molecule has 2 rings (SSSR count). The number of amides is 1. The maximum atomic E-state index is 12.7. The second-order valence-electron chi connectivity index (χ2n) is 5.25. The van der Waals surface area contributed by atoms with Crippen LogP contribution in [0.25, 0.3) is 0 Å². The summed E-state index contributed by atoms with van der Waals surface area (Å²) in [6.45, 7) is 0.327. The molecule has 21 heavy (non-hydrogen) atoms. The smallest absolute Gasteiger partial charge is 0.394 e. The molecule has 1 amide bonds. The lowest BCUT2D eigenvalue weighted by atomic mass is 9.98. The van der Waals surface area contributed by atoms with Crippen molar-refractivity contribution >= 4 is 6.03 Å². The molecular weight excluding hydrogens is 287 g/mol. The lowest BCUT2D eigenvalue weighted by Gasteiger charge is -2.18. The van der Waals surface area contributed by atoms with Crippen molar-refractivity contribution in [1.29, 1.82) is 0 Å². The molecule has 8 heteroatoms. The highest BCUT2D eigenvalue weighted by molar-refractivity contribution is 5.77. The second-order valence-corrected chi connectivity index (χ2v) is 5.25. The Morgan fingerprint density at radius 3 is 2.76 bits per heavy atom. The summed E-state index contributed by atoms with van der Waals surface area (Å²) in [7, 11) is 1.40. The number of unbranched alkanes of at least 4 members (excludes halogenated alkanes) is 1. The number of rotatable bonds is 6. The van der Waals surface area contributed by atoms with E-state index in [0.717, 1.165) is 0 Å². The van der Waals surface area contributed by atoms with Gasteiger partial charge in [-0.2, -0.15) is 13.2 Å². The molecule has 0 unspecified atom stereocenters. The minimum Gasteiger partial charge on any atom is -0.468 e. The monoisotopic (exact) mass is 305 g/mol. The van der Waals surface area contributed by atoms with Crippen molar-refractivity contribution in [2.45, 2.75) is 38.3 Å². The average molecular weight is 305 g/mol. The van der Waals surface area contributed by atoms with Crippen LogP contribution in [0.4, 0.5) is 18.0 Å². The quantitative estimate of drug-likeness (QED) is 0.822. The number of hydrogen-bond acceptors (Lipinski definition) is 3. The maximum Gasteiger partial charge on any atom is 0.394 e. The summed E-state index contributed by atoms with van der Waals surface area (Å²) in [6, 6.07) is -0.234. The molecule has 1 fully saturated rings. The Kier molecular flexibility index (Phi) is 4.43. The minimum atomic E-state index is -4.10. The van der Waals surface area contributed by atoms with E-state index in [4.69, 9.17) is 4.74 Å². The van der Waals surface area contributed by atoms with Gasteiger partial charge >= 0.3 is 18.2 Å². The zero-order chi connectivity index (χ0) is 15.5. The van der Waals surface area contributed by atoms with Gasteiger partial charge in [-0.25, -0.2) is 14.3 Å². The zero-order valence-corrected chi connectivity index (χ0v) is 11.7. The molecule has 0 spiro atoms. The van der Waals surface area contributed by atoms with Crippen LogP contribution < -0.4 is 10.1 Å². The van der Waals surface area contributed by atoms with E-state index in [9.17, 15) is 18.0 Å². The summed E-state index contributed by atoms with van der Waals surface area (Å²) < 4.78 is 44.2. The Morgan fingerprint density at radius 1 is 1.48 bits per heavy atom. The van der Waals surface area contributed by atoms with Crippen LogP contribution in [-0.4, -0.2) is 35.4 Å². The van der Waals surface area contributed by atoms with E-state index in [-0.39, 0.29) is 25.3 Å². The minimum absolute atomic E-state index is 0.140. The Labute approximate surface area is 120 Å². The first-order chi connectivity index (χ1) is 9.89. The van der Waals surface area contributed by atoms with Gasteiger partial charge in [-0.3, -0.25) is 0 Å². The number of carbonyl (C=O) groups is 1. The fraction of sp³-hybridized carbons (Fsp3) is 0.692. The van der Waals surface area contributed by atoms with Crippen molar-refractivity contribution in [3.63, 3.8) is 0 Å². The molecule has 1 heterocycles. The predicted molar refractivity (Wildman–Crippen MR) is 69.1 cm³/mol. The van der Waals surface area contributed by atoms with Crippen molar-refractivity contribution in [3.05, 3.63) is 12.4 Å². The summed E-state index contributed by atoms with van der Waals surface area (Å²) in [4.78, 5) is 15.6. The molecule has 118 valence electrons. The van der Waals surface area contributed by atoms with E-state index in [0.29, 0.717) is 19.4 Å². The van der Waals surface area contributed by atoms with E-state index in [1.54, 1.807) is 0 Å². The summed E-state index contributed by atoms with van der Waals surface area (Å²) in [6.07, 6.45) is 0.350. The number of halogens is 3. The van der Waals surface area contributed by atoms with Crippen LogP contribution in [0.5, 0.6) is 6.01 Å². The molecule has 1 aliphatic rings. The first kappa shape index (κ1) is 15.7. The SMILES string of the molecule is COc1nccn1C(=O)NCCCCC1(C(F)(F)F)CC1. The number of ether oxygens (including phenoxy) is 1. The Hall–Kier alpha value is -1.73. The van der Waals surface area contributed by atoms with Gasteiger partial charge in [0, 0.05) is 18.9 Å². The van der Waals surface area contributed by atoms with Crippen LogP contribution in [0.3, 0.4) is 0 Å². The molecule has 1 aromatic rings. The van der Waals surface area contributed by atoms with Crippen LogP contribution in [-0.2, 0) is 0 Å². The van der Waals surface area contributed by atoms with Gasteiger partial charge in [0.15, 0.2) is 0 Å². The summed E-state index contributed by atoms with van der Waals surface area (Å²) in [5.74, 6) is 0. The largest absolute Gasteiger partial charge is 0.468 e. The topological polar surface area (TPSA) is 56.2 Å². The van der Waals surface area contributed by atoms with Gasteiger partial charge < -0.3 is 10.1 Å². The fourth-order valence-corrected chi connectivity index (χ4v) is 2.29. The van der Waals surface area contributed by atoms with Gasteiger partial charge in [0.1, 0.15) is 0 Å². The first-order valence-electron chi connectivity index (χ1n) is 6.82. The fourth-order valence-electron chi connectivity index (χ4n) is 2.29. The molecule has 0 aromatic carbocycles. The molecule has 0 bridgehead atoms. The van der Waals surface area contributed by atoms with E-state index >= 15 is 0 Å². The highest BCUT2D eigenvalue weighted by Crippen LogP contribution is 2.60. The number of alkyl halides is 3. The lowest BCUT2D eigenvalue weighted by Crippen LogP contribution is -2.29. The van der Waals surface area contributed by atoms with Gasteiger partial charge in [0.05, 0.1) is 12.5 Å². The molecular formula is C13H18F3N3O2. The molecule has 0 aliphatic heterocycles. The number of nitrogens with zero attached hydrogens (tertiary/aromatic N) is 2. The highest BCUT2D eigenvalue weighted by Gasteiger charge is 2.62. The molecule has 1 N–H and O–H groups in total. The van der Waals surface area contributed by atoms with Gasteiger partial charge in [-0.15, -0.1) is 0 Å². The molecule has 1 aliphatic carbocycles. The average Bonchev–Trinajstić information content (AvgIpc) is 3.07. The van der Waals surface area contributed by atoms with Crippen molar-refractivity contribution in [2.75, 3.05) is 13.7 Å².